The number of carbonyl (C=O) groups is 1. The van der Waals surface area contributed by atoms with Crippen molar-refractivity contribution in [2.45, 2.75) is 32.9 Å². The number of amides is 1. The summed E-state index contributed by atoms with van der Waals surface area (Å²) in [5.41, 5.74) is 1.82. The average Bonchev–Trinajstić information content (AvgIpc) is 2.57. The zero-order valence-electron chi connectivity index (χ0n) is 14.2. The van der Waals surface area contributed by atoms with Crippen molar-refractivity contribution in [3.05, 3.63) is 58.6 Å². The Bertz CT molecular complexity index is 673. The van der Waals surface area contributed by atoms with E-state index in [1.807, 2.05) is 69.3 Å². The topological polar surface area (TPSA) is 50.4 Å². The second-order valence-electron chi connectivity index (χ2n) is 5.58. The maximum Gasteiger partial charge on any atom is 0.241 e. The molecular weight excluding hydrogens is 368 g/mol. The van der Waals surface area contributed by atoms with Crippen molar-refractivity contribution in [3.63, 3.8) is 0 Å². The number of nitrogens with one attached hydrogen (secondary N) is 2. The molecule has 0 saturated heterocycles. The van der Waals surface area contributed by atoms with Crippen LogP contribution in [0.4, 0.5) is 5.69 Å². The maximum absolute atomic E-state index is 12.5. The van der Waals surface area contributed by atoms with Crippen LogP contribution < -0.4 is 15.4 Å². The molecule has 128 valence electrons. The molecule has 0 saturated carbocycles. The number of para-hydroxylation sites is 2. The summed E-state index contributed by atoms with van der Waals surface area (Å²) in [4.78, 5) is 12.5. The Morgan fingerprint density at radius 3 is 2.46 bits per heavy atom. The molecule has 2 atom stereocenters. The quantitative estimate of drug-likeness (QED) is 0.730. The lowest BCUT2D eigenvalue weighted by atomic mass is 10.1. The summed E-state index contributed by atoms with van der Waals surface area (Å²) in [7, 11) is 0. The van der Waals surface area contributed by atoms with Gasteiger partial charge >= 0.3 is 0 Å². The van der Waals surface area contributed by atoms with Crippen molar-refractivity contribution in [2.24, 2.45) is 0 Å². The average molecular weight is 391 g/mol. The number of benzene rings is 2. The van der Waals surface area contributed by atoms with E-state index in [1.54, 1.807) is 0 Å². The molecule has 0 heterocycles. The van der Waals surface area contributed by atoms with Crippen LogP contribution in [-0.4, -0.2) is 18.6 Å². The third-order valence-electron chi connectivity index (χ3n) is 3.71. The Morgan fingerprint density at radius 2 is 1.79 bits per heavy atom. The van der Waals surface area contributed by atoms with Crippen LogP contribution in [-0.2, 0) is 4.79 Å². The van der Waals surface area contributed by atoms with Crippen LogP contribution in [0.3, 0.4) is 0 Å². The Hall–Kier alpha value is -1.85. The van der Waals surface area contributed by atoms with E-state index >= 15 is 0 Å². The monoisotopic (exact) mass is 390 g/mol. The molecule has 0 fully saturated rings. The van der Waals surface area contributed by atoms with Gasteiger partial charge in [-0.05, 0) is 50.6 Å². The highest BCUT2D eigenvalue weighted by Gasteiger charge is 2.17. The molecule has 0 bridgehead atoms. The van der Waals surface area contributed by atoms with Gasteiger partial charge in [-0.1, -0.05) is 40.2 Å². The molecule has 2 rings (SSSR count). The minimum atomic E-state index is -0.335. The zero-order chi connectivity index (χ0) is 17.5. The molecule has 1 amide bonds. The molecule has 0 spiro atoms. The van der Waals surface area contributed by atoms with Gasteiger partial charge in [-0.25, -0.2) is 0 Å². The van der Waals surface area contributed by atoms with Crippen molar-refractivity contribution in [1.29, 1.82) is 0 Å². The van der Waals surface area contributed by atoms with Gasteiger partial charge in [0, 0.05) is 10.5 Å². The van der Waals surface area contributed by atoms with Gasteiger partial charge in [0.25, 0.3) is 0 Å². The summed E-state index contributed by atoms with van der Waals surface area (Å²) in [5.74, 6) is 0.590. The van der Waals surface area contributed by atoms with E-state index < -0.39 is 0 Å². The van der Waals surface area contributed by atoms with Crippen molar-refractivity contribution in [1.82, 2.24) is 5.32 Å². The van der Waals surface area contributed by atoms with Crippen LogP contribution in [0.15, 0.2) is 53.0 Å². The van der Waals surface area contributed by atoms with Gasteiger partial charge < -0.3 is 10.1 Å². The molecule has 24 heavy (non-hydrogen) atoms. The van der Waals surface area contributed by atoms with E-state index in [2.05, 4.69) is 26.6 Å². The van der Waals surface area contributed by atoms with Crippen molar-refractivity contribution >= 4 is 27.5 Å². The van der Waals surface area contributed by atoms with Crippen LogP contribution in [0.2, 0.25) is 0 Å². The largest absolute Gasteiger partial charge is 0.492 e. The first kappa shape index (κ1) is 18.5. The molecule has 0 aliphatic rings. The predicted molar refractivity (Wildman–Crippen MR) is 101 cm³/mol. The first-order chi connectivity index (χ1) is 11.5. The molecule has 4 nitrogen and oxygen atoms in total. The summed E-state index contributed by atoms with van der Waals surface area (Å²) in [5, 5.41) is 6.25. The Labute approximate surface area is 151 Å². The molecule has 5 heteroatoms. The minimum Gasteiger partial charge on any atom is -0.492 e. The fourth-order valence-corrected chi connectivity index (χ4v) is 2.65. The normalized spacial score (nSPS) is 13.2. The number of anilines is 1. The Kier molecular flexibility index (Phi) is 6.82. The first-order valence-electron chi connectivity index (χ1n) is 8.05. The summed E-state index contributed by atoms with van der Waals surface area (Å²) >= 11 is 3.43. The SMILES string of the molecule is CCOc1ccccc1NC(=O)C(C)NC(C)c1ccc(Br)cc1. The summed E-state index contributed by atoms with van der Waals surface area (Å²) in [6.07, 6.45) is 0. The number of hydrogen-bond donors (Lipinski definition) is 2. The lowest BCUT2D eigenvalue weighted by molar-refractivity contribution is -0.118. The zero-order valence-corrected chi connectivity index (χ0v) is 15.8. The second kappa shape index (κ2) is 8.85. The lowest BCUT2D eigenvalue weighted by Crippen LogP contribution is -2.39. The van der Waals surface area contributed by atoms with Gasteiger partial charge in [0.05, 0.1) is 18.3 Å². The highest BCUT2D eigenvalue weighted by Crippen LogP contribution is 2.24. The summed E-state index contributed by atoms with van der Waals surface area (Å²) in [6.45, 7) is 6.37. The molecule has 2 N–H and O–H groups in total. The van der Waals surface area contributed by atoms with Crippen LogP contribution in [0.25, 0.3) is 0 Å². The fourth-order valence-electron chi connectivity index (χ4n) is 2.39. The molecule has 0 aliphatic carbocycles. The number of halogens is 1. The van der Waals surface area contributed by atoms with E-state index in [-0.39, 0.29) is 18.0 Å². The van der Waals surface area contributed by atoms with Gasteiger partial charge in [-0.2, -0.15) is 0 Å². The molecular formula is C19H23BrN2O2. The van der Waals surface area contributed by atoms with Crippen molar-refractivity contribution < 1.29 is 9.53 Å². The van der Waals surface area contributed by atoms with E-state index in [0.717, 1.165) is 10.0 Å². The molecule has 2 aromatic rings. The van der Waals surface area contributed by atoms with Crippen LogP contribution in [0.5, 0.6) is 5.75 Å². The van der Waals surface area contributed by atoms with Gasteiger partial charge in [0.2, 0.25) is 5.91 Å². The smallest absolute Gasteiger partial charge is 0.241 e. The molecule has 2 aromatic carbocycles. The van der Waals surface area contributed by atoms with Crippen LogP contribution in [0, 0.1) is 0 Å². The van der Waals surface area contributed by atoms with E-state index in [4.69, 9.17) is 4.74 Å². The van der Waals surface area contributed by atoms with E-state index in [1.165, 1.54) is 0 Å². The second-order valence-corrected chi connectivity index (χ2v) is 6.50. The fraction of sp³-hybridized carbons (Fsp3) is 0.316. The maximum atomic E-state index is 12.5. The van der Waals surface area contributed by atoms with Gasteiger partial charge in [-0.3, -0.25) is 10.1 Å². The van der Waals surface area contributed by atoms with E-state index in [9.17, 15) is 4.79 Å². The first-order valence-corrected chi connectivity index (χ1v) is 8.84. The van der Waals surface area contributed by atoms with Gasteiger partial charge in [0.15, 0.2) is 0 Å². The standard InChI is InChI=1S/C19H23BrN2O2/c1-4-24-18-8-6-5-7-17(18)22-19(23)14(3)21-13(2)15-9-11-16(20)12-10-15/h5-14,21H,4H2,1-3H3,(H,22,23). The number of ether oxygens (including phenoxy) is 1. The van der Waals surface area contributed by atoms with Gasteiger partial charge in [0.1, 0.15) is 5.75 Å². The van der Waals surface area contributed by atoms with Crippen LogP contribution in [0.1, 0.15) is 32.4 Å². The third kappa shape index (κ3) is 5.08. The summed E-state index contributed by atoms with van der Waals surface area (Å²) in [6, 6.07) is 15.3. The van der Waals surface area contributed by atoms with E-state index in [0.29, 0.717) is 18.0 Å². The predicted octanol–water partition coefficient (Wildman–Crippen LogP) is 4.53. The van der Waals surface area contributed by atoms with Gasteiger partial charge in [-0.15, -0.1) is 0 Å². The number of carbonyl (C=O) groups excluding carboxylic acids is 1. The summed E-state index contributed by atoms with van der Waals surface area (Å²) < 4.78 is 6.58. The minimum absolute atomic E-state index is 0.0704. The highest BCUT2D eigenvalue weighted by atomic mass is 79.9. The highest BCUT2D eigenvalue weighted by molar-refractivity contribution is 9.10. The Morgan fingerprint density at radius 1 is 1.12 bits per heavy atom. The molecule has 0 radical (unpaired) electrons. The van der Waals surface area contributed by atoms with Crippen LogP contribution >= 0.6 is 15.9 Å². The number of hydrogen-bond acceptors (Lipinski definition) is 3. The third-order valence-corrected chi connectivity index (χ3v) is 4.24. The Balaban J connectivity index is 1.98. The molecule has 0 aromatic heterocycles. The van der Waals surface area contributed by atoms with Crippen molar-refractivity contribution in [3.8, 4) is 5.75 Å². The lowest BCUT2D eigenvalue weighted by Gasteiger charge is -2.20. The molecule has 0 aliphatic heterocycles. The van der Waals surface area contributed by atoms with Crippen molar-refractivity contribution in [2.75, 3.05) is 11.9 Å². The molecule has 2 unspecified atom stereocenters. The number of rotatable bonds is 7.